The molecule has 3 aliphatic heterocycles. The number of fused-ring (bicyclic) bond motifs is 9. The number of ether oxygens (including phenoxy) is 2. The van der Waals surface area contributed by atoms with E-state index < -0.39 is 0 Å². The van der Waals surface area contributed by atoms with Gasteiger partial charge in [0.2, 0.25) is 0 Å². The van der Waals surface area contributed by atoms with Crippen molar-refractivity contribution >= 4 is 43.6 Å². The third-order valence-corrected chi connectivity index (χ3v) is 9.89. The molecule has 0 saturated carbocycles. The van der Waals surface area contributed by atoms with E-state index in [1.54, 1.807) is 0 Å². The van der Waals surface area contributed by atoms with Crippen LogP contribution in [0.1, 0.15) is 38.7 Å². The van der Waals surface area contributed by atoms with E-state index in [1.165, 1.54) is 27.1 Å². The van der Waals surface area contributed by atoms with Crippen LogP contribution in [-0.2, 0) is 6.42 Å². The molecule has 6 nitrogen and oxygen atoms in total. The van der Waals surface area contributed by atoms with Crippen LogP contribution in [0.5, 0.6) is 11.5 Å². The van der Waals surface area contributed by atoms with Crippen LogP contribution < -0.4 is 14.8 Å². The Balaban J connectivity index is 0.000000155. The number of aromatic amines is 2. The standard InChI is InChI=1S/C21H21FN2O.C21H26N2O/c22-19(18-12-24-9-7-14(18)8-10-24)13-25-15-5-6-17-16-3-1-2-4-20(16)23-21(17)11-15;1-4-8-18-20(24-14-7-13-22-15(2)3)12-11-17-16-9-5-6-10-19(16)23-21(17)18/h1-6,11,14,23H,7-10,12-13H2;4-6,9-12,15,22-23H,1,7-8,13-14H2,2-3H3/b19-18-;. The Kier molecular flexibility index (Phi) is 10.0. The van der Waals surface area contributed by atoms with Crippen molar-refractivity contribution in [2.75, 3.05) is 39.4 Å². The Hall–Kier alpha value is -4.59. The molecule has 0 unspecified atom stereocenters. The van der Waals surface area contributed by atoms with Gasteiger partial charge in [-0.15, -0.1) is 6.58 Å². The van der Waals surface area contributed by atoms with E-state index in [4.69, 9.17) is 9.47 Å². The molecule has 0 amide bonds. The highest BCUT2D eigenvalue weighted by molar-refractivity contribution is 6.09. The SMILES string of the molecule is C=CCc1c(OCCCNC(C)C)ccc2c1[nH]c1ccccc12.F/C(COc1ccc2c(c1)[nH]c1ccccc12)=C1/CN2CCC1CC2. The average molecular weight is 659 g/mol. The zero-order chi connectivity index (χ0) is 33.7. The Bertz CT molecular complexity index is 2100. The molecule has 6 aromatic rings. The third-order valence-electron chi connectivity index (χ3n) is 9.89. The highest BCUT2D eigenvalue weighted by Crippen LogP contribution is 2.35. The molecule has 4 aromatic carbocycles. The number of rotatable bonds is 11. The summed E-state index contributed by atoms with van der Waals surface area (Å²) < 4.78 is 26.5. The lowest BCUT2D eigenvalue weighted by molar-refractivity contribution is 0.154. The van der Waals surface area contributed by atoms with Gasteiger partial charge in [0.05, 0.1) is 17.6 Å². The van der Waals surface area contributed by atoms with Crippen molar-refractivity contribution in [1.82, 2.24) is 20.2 Å². The number of piperidine rings is 3. The monoisotopic (exact) mass is 658 g/mol. The lowest BCUT2D eigenvalue weighted by Crippen LogP contribution is -2.43. The third kappa shape index (κ3) is 7.24. The van der Waals surface area contributed by atoms with Gasteiger partial charge in [0.25, 0.3) is 0 Å². The number of allylic oxidation sites excluding steroid dienone is 1. The molecule has 0 aliphatic carbocycles. The quantitative estimate of drug-likeness (QED) is 0.0959. The molecule has 254 valence electrons. The first-order chi connectivity index (χ1) is 24.0. The minimum absolute atomic E-state index is 0.0331. The second kappa shape index (κ2) is 14.9. The normalized spacial score (nSPS) is 18.3. The fourth-order valence-electron chi connectivity index (χ4n) is 7.36. The van der Waals surface area contributed by atoms with E-state index in [9.17, 15) is 4.39 Å². The molecule has 5 heterocycles. The van der Waals surface area contributed by atoms with Crippen molar-refractivity contribution in [2.24, 2.45) is 5.92 Å². The maximum Gasteiger partial charge on any atom is 0.140 e. The summed E-state index contributed by atoms with van der Waals surface area (Å²) >= 11 is 0. The van der Waals surface area contributed by atoms with Crippen molar-refractivity contribution in [3.8, 4) is 11.5 Å². The summed E-state index contributed by atoms with van der Waals surface area (Å²) in [5.74, 6) is 2.01. The molecule has 0 atom stereocenters. The van der Waals surface area contributed by atoms with Gasteiger partial charge in [-0.1, -0.05) is 56.3 Å². The van der Waals surface area contributed by atoms with Crippen LogP contribution in [0.3, 0.4) is 0 Å². The molecule has 3 aliphatic rings. The smallest absolute Gasteiger partial charge is 0.140 e. The summed E-state index contributed by atoms with van der Waals surface area (Å²) in [6.07, 6.45) is 5.90. The van der Waals surface area contributed by atoms with Gasteiger partial charge in [0.15, 0.2) is 0 Å². The minimum atomic E-state index is -0.0776. The lowest BCUT2D eigenvalue weighted by atomic mass is 9.83. The molecular weight excluding hydrogens is 611 g/mol. The summed E-state index contributed by atoms with van der Waals surface area (Å²) in [6, 6.07) is 27.3. The molecule has 3 N–H and O–H groups in total. The first kappa shape index (κ1) is 32.9. The molecule has 9 rings (SSSR count). The fraction of sp³-hybridized carbons (Fsp3) is 0.333. The Labute approximate surface area is 288 Å². The van der Waals surface area contributed by atoms with Gasteiger partial charge >= 0.3 is 0 Å². The molecule has 0 radical (unpaired) electrons. The van der Waals surface area contributed by atoms with E-state index >= 15 is 0 Å². The lowest BCUT2D eigenvalue weighted by Gasteiger charge is -2.41. The highest BCUT2D eigenvalue weighted by atomic mass is 19.1. The first-order valence-electron chi connectivity index (χ1n) is 17.7. The van der Waals surface area contributed by atoms with E-state index in [1.807, 2.05) is 36.4 Å². The van der Waals surface area contributed by atoms with Gasteiger partial charge < -0.3 is 24.8 Å². The van der Waals surface area contributed by atoms with Crippen LogP contribution in [0.4, 0.5) is 4.39 Å². The van der Waals surface area contributed by atoms with Crippen molar-refractivity contribution in [2.45, 2.75) is 45.6 Å². The number of hydrogen-bond acceptors (Lipinski definition) is 4. The molecule has 2 aromatic heterocycles. The van der Waals surface area contributed by atoms with Gasteiger partial charge in [-0.25, -0.2) is 4.39 Å². The van der Waals surface area contributed by atoms with Crippen molar-refractivity contribution < 1.29 is 13.9 Å². The van der Waals surface area contributed by atoms with Crippen LogP contribution in [0, 0.1) is 5.92 Å². The van der Waals surface area contributed by atoms with E-state index in [0.29, 0.717) is 17.7 Å². The Morgan fingerprint density at radius 3 is 2.31 bits per heavy atom. The van der Waals surface area contributed by atoms with Crippen LogP contribution in [0.2, 0.25) is 0 Å². The number of para-hydroxylation sites is 2. The topological polar surface area (TPSA) is 65.3 Å². The predicted octanol–water partition coefficient (Wildman–Crippen LogP) is 9.47. The van der Waals surface area contributed by atoms with Gasteiger partial charge in [-0.05, 0) is 93.2 Å². The van der Waals surface area contributed by atoms with Crippen molar-refractivity contribution in [3.05, 3.63) is 108 Å². The summed E-state index contributed by atoms with van der Waals surface area (Å²) in [6.45, 7) is 13.0. The number of nitrogens with zero attached hydrogens (tertiary/aromatic N) is 1. The largest absolute Gasteiger partial charge is 0.493 e. The molecule has 49 heavy (non-hydrogen) atoms. The number of H-pyrrole nitrogens is 2. The van der Waals surface area contributed by atoms with Crippen molar-refractivity contribution in [1.29, 1.82) is 0 Å². The number of halogens is 1. The Morgan fingerprint density at radius 2 is 1.59 bits per heavy atom. The zero-order valence-electron chi connectivity index (χ0n) is 28.7. The maximum atomic E-state index is 14.6. The average Bonchev–Trinajstić information content (AvgIpc) is 3.70. The molecule has 7 heteroatoms. The molecular formula is C42H47FN4O2. The molecule has 0 spiro atoms. The van der Waals surface area contributed by atoms with Crippen LogP contribution in [0.25, 0.3) is 43.6 Å². The van der Waals surface area contributed by atoms with Gasteiger partial charge in [0.1, 0.15) is 23.9 Å². The number of nitrogens with one attached hydrogen (secondary N) is 3. The van der Waals surface area contributed by atoms with E-state index in [2.05, 4.69) is 89.1 Å². The van der Waals surface area contributed by atoms with Gasteiger partial charge in [-0.2, -0.15) is 0 Å². The molecule has 3 saturated heterocycles. The summed E-state index contributed by atoms with van der Waals surface area (Å²) in [7, 11) is 0. The first-order valence-corrected chi connectivity index (χ1v) is 17.7. The second-order valence-electron chi connectivity index (χ2n) is 13.6. The van der Waals surface area contributed by atoms with Crippen LogP contribution in [-0.4, -0.2) is 60.3 Å². The second-order valence-corrected chi connectivity index (χ2v) is 13.6. The highest BCUT2D eigenvalue weighted by Gasteiger charge is 2.32. The number of hydrogen-bond donors (Lipinski definition) is 3. The van der Waals surface area contributed by atoms with E-state index in [0.717, 1.165) is 91.9 Å². The maximum absolute atomic E-state index is 14.6. The Morgan fingerprint density at radius 1 is 0.898 bits per heavy atom. The predicted molar refractivity (Wildman–Crippen MR) is 202 cm³/mol. The van der Waals surface area contributed by atoms with Gasteiger partial charge in [-0.3, -0.25) is 4.90 Å². The molecule has 2 bridgehead atoms. The van der Waals surface area contributed by atoms with E-state index in [-0.39, 0.29) is 12.4 Å². The zero-order valence-corrected chi connectivity index (χ0v) is 28.7. The number of aromatic nitrogens is 2. The van der Waals surface area contributed by atoms with Crippen LogP contribution >= 0.6 is 0 Å². The summed E-state index contributed by atoms with van der Waals surface area (Å²) in [4.78, 5) is 9.29. The van der Waals surface area contributed by atoms with Gasteiger partial charge in [0, 0.05) is 56.8 Å². The summed E-state index contributed by atoms with van der Waals surface area (Å²) in [5, 5.41) is 8.28. The van der Waals surface area contributed by atoms with Crippen LogP contribution in [0.15, 0.2) is 103 Å². The van der Waals surface area contributed by atoms with Crippen molar-refractivity contribution in [3.63, 3.8) is 0 Å². The fourth-order valence-corrected chi connectivity index (χ4v) is 7.36. The summed E-state index contributed by atoms with van der Waals surface area (Å²) in [5.41, 5.74) is 6.61. The number of benzene rings is 4. The molecule has 3 fully saturated rings. The minimum Gasteiger partial charge on any atom is -0.493 e.